The van der Waals surface area contributed by atoms with Crippen LogP contribution in [0.2, 0.25) is 0 Å². The van der Waals surface area contributed by atoms with Gasteiger partial charge in [0.1, 0.15) is 12.0 Å². The van der Waals surface area contributed by atoms with Gasteiger partial charge < -0.3 is 18.7 Å². The second-order valence-corrected chi connectivity index (χ2v) is 4.25. The van der Waals surface area contributed by atoms with E-state index in [1.165, 1.54) is 12.3 Å². The molecule has 9 nitrogen and oxygen atoms in total. The Kier molecular flexibility index (Phi) is 3.44. The number of anilines is 2. The highest BCUT2D eigenvalue weighted by Gasteiger charge is 2.17. The lowest BCUT2D eigenvalue weighted by atomic mass is 10.4. The summed E-state index contributed by atoms with van der Waals surface area (Å²) in [4.78, 5) is 27.5. The number of carbonyl (C=O) groups excluding carboxylic acids is 2. The Balaban J connectivity index is 1.65. The normalized spacial score (nSPS) is 10.4. The molecule has 2 amide bonds. The molecular formula is C13H10N4O5. The average Bonchev–Trinajstić information content (AvgIpc) is 3.20. The smallest absolute Gasteiger partial charge is 0.302 e. The van der Waals surface area contributed by atoms with Crippen molar-refractivity contribution in [2.75, 3.05) is 10.6 Å². The van der Waals surface area contributed by atoms with Gasteiger partial charge in [0.2, 0.25) is 0 Å². The number of rotatable bonds is 4. The fraction of sp³-hybridized carbons (Fsp3) is 0.0769. The molecule has 0 atom stereocenters. The number of nitrogens with zero attached hydrogens (tertiary/aromatic N) is 2. The van der Waals surface area contributed by atoms with Crippen molar-refractivity contribution in [1.29, 1.82) is 0 Å². The molecule has 0 saturated carbocycles. The Labute approximate surface area is 123 Å². The maximum Gasteiger partial charge on any atom is 0.302 e. The van der Waals surface area contributed by atoms with Gasteiger partial charge in [-0.25, -0.2) is 0 Å². The van der Waals surface area contributed by atoms with Gasteiger partial charge in [-0.05, 0) is 19.1 Å². The van der Waals surface area contributed by atoms with E-state index >= 15 is 0 Å². The third-order valence-electron chi connectivity index (χ3n) is 2.57. The van der Waals surface area contributed by atoms with Crippen LogP contribution in [0, 0.1) is 6.92 Å². The van der Waals surface area contributed by atoms with Gasteiger partial charge in [-0.15, -0.1) is 0 Å². The van der Waals surface area contributed by atoms with E-state index in [2.05, 4.69) is 20.8 Å². The zero-order chi connectivity index (χ0) is 15.5. The summed E-state index contributed by atoms with van der Waals surface area (Å²) in [7, 11) is 0. The first-order chi connectivity index (χ1) is 10.6. The lowest BCUT2D eigenvalue weighted by Crippen LogP contribution is -2.14. The molecule has 3 aromatic heterocycles. The van der Waals surface area contributed by atoms with E-state index in [1.54, 1.807) is 19.1 Å². The molecule has 112 valence electrons. The highest BCUT2D eigenvalue weighted by Crippen LogP contribution is 2.13. The number of amides is 2. The molecule has 0 aliphatic heterocycles. The van der Waals surface area contributed by atoms with Crippen molar-refractivity contribution in [2.24, 2.45) is 0 Å². The van der Waals surface area contributed by atoms with Gasteiger partial charge in [-0.3, -0.25) is 14.9 Å². The average molecular weight is 302 g/mol. The molecule has 0 fully saturated rings. The molecule has 9 heteroatoms. The molecular weight excluding hydrogens is 292 g/mol. The van der Waals surface area contributed by atoms with E-state index < -0.39 is 11.8 Å². The minimum Gasteiger partial charge on any atom is -0.459 e. The number of hydrogen-bond donors (Lipinski definition) is 2. The Bertz CT molecular complexity index is 802. The van der Waals surface area contributed by atoms with Crippen molar-refractivity contribution in [3.8, 4) is 0 Å². The highest BCUT2D eigenvalue weighted by atomic mass is 16.5. The number of oxazole rings is 1. The molecule has 3 aromatic rings. The van der Waals surface area contributed by atoms with Gasteiger partial charge in [-0.2, -0.15) is 4.98 Å². The Morgan fingerprint density at radius 3 is 2.73 bits per heavy atom. The van der Waals surface area contributed by atoms with Crippen LogP contribution in [0.25, 0.3) is 0 Å². The van der Waals surface area contributed by atoms with E-state index in [-0.39, 0.29) is 23.3 Å². The number of carbonyl (C=O) groups is 2. The van der Waals surface area contributed by atoms with Crippen molar-refractivity contribution >= 4 is 23.6 Å². The minimum absolute atomic E-state index is 0.0182. The summed E-state index contributed by atoms with van der Waals surface area (Å²) in [5.74, 6) is -0.169. The summed E-state index contributed by atoms with van der Waals surface area (Å²) in [6.45, 7) is 1.70. The first-order valence-electron chi connectivity index (χ1n) is 6.17. The second kappa shape index (κ2) is 5.56. The zero-order valence-electron chi connectivity index (χ0n) is 11.3. The van der Waals surface area contributed by atoms with Crippen LogP contribution < -0.4 is 10.6 Å². The Hall–Kier alpha value is -3.36. The van der Waals surface area contributed by atoms with Gasteiger partial charge in [0.25, 0.3) is 11.8 Å². The molecule has 0 radical (unpaired) electrons. The first kappa shape index (κ1) is 13.6. The number of nitrogens with one attached hydrogen (secondary N) is 2. The summed E-state index contributed by atoms with van der Waals surface area (Å²) in [5, 5.41) is 8.46. The lowest BCUT2D eigenvalue weighted by Gasteiger charge is -1.96. The lowest BCUT2D eigenvalue weighted by molar-refractivity contribution is 0.0990. The van der Waals surface area contributed by atoms with Crippen LogP contribution in [0.3, 0.4) is 0 Å². The predicted octanol–water partition coefficient (Wildman–Crippen LogP) is 2.07. The Morgan fingerprint density at radius 1 is 1.18 bits per heavy atom. The van der Waals surface area contributed by atoms with Crippen LogP contribution in [0.5, 0.6) is 0 Å². The number of furan rings is 1. The van der Waals surface area contributed by atoms with Crippen LogP contribution in [-0.4, -0.2) is 22.0 Å². The quantitative estimate of drug-likeness (QED) is 0.756. The second-order valence-electron chi connectivity index (χ2n) is 4.25. The fourth-order valence-corrected chi connectivity index (χ4v) is 1.61. The SMILES string of the molecule is Cc1cc(NC(=O)c2coc(NC(=O)c3ccco3)n2)no1. The Morgan fingerprint density at radius 2 is 2.05 bits per heavy atom. The summed E-state index contributed by atoms with van der Waals surface area (Å²) >= 11 is 0. The predicted molar refractivity (Wildman–Crippen MR) is 72.4 cm³/mol. The van der Waals surface area contributed by atoms with Gasteiger partial charge in [-0.1, -0.05) is 5.16 Å². The monoisotopic (exact) mass is 302 g/mol. The van der Waals surface area contributed by atoms with E-state index in [4.69, 9.17) is 13.4 Å². The van der Waals surface area contributed by atoms with Gasteiger partial charge in [0.05, 0.1) is 6.26 Å². The summed E-state index contributed by atoms with van der Waals surface area (Å²) in [6, 6.07) is 4.49. The van der Waals surface area contributed by atoms with Crippen molar-refractivity contribution in [2.45, 2.75) is 6.92 Å². The first-order valence-corrected chi connectivity index (χ1v) is 6.17. The largest absolute Gasteiger partial charge is 0.459 e. The van der Waals surface area contributed by atoms with Crippen LogP contribution in [0.4, 0.5) is 11.8 Å². The van der Waals surface area contributed by atoms with Crippen LogP contribution in [0.15, 0.2) is 44.1 Å². The molecule has 22 heavy (non-hydrogen) atoms. The van der Waals surface area contributed by atoms with E-state index in [9.17, 15) is 9.59 Å². The summed E-state index contributed by atoms with van der Waals surface area (Å²) in [5.41, 5.74) is -0.0182. The molecule has 3 heterocycles. The fourth-order valence-electron chi connectivity index (χ4n) is 1.61. The molecule has 0 unspecified atom stereocenters. The number of aromatic nitrogens is 2. The standard InChI is InChI=1S/C13H10N4O5/c1-7-5-10(17-22-7)15-11(18)8-6-21-13(14-8)16-12(19)9-3-2-4-20-9/h2-6H,1H3,(H,14,16,19)(H,15,17,18). The van der Waals surface area contributed by atoms with Crippen molar-refractivity contribution in [1.82, 2.24) is 10.1 Å². The molecule has 2 N–H and O–H groups in total. The molecule has 0 bridgehead atoms. The van der Waals surface area contributed by atoms with E-state index in [0.29, 0.717) is 5.76 Å². The minimum atomic E-state index is -0.546. The molecule has 0 aliphatic rings. The summed E-state index contributed by atoms with van der Waals surface area (Å²) < 4.78 is 14.8. The van der Waals surface area contributed by atoms with Crippen LogP contribution in [0.1, 0.15) is 26.8 Å². The number of hydrogen-bond acceptors (Lipinski definition) is 7. The van der Waals surface area contributed by atoms with E-state index in [1.807, 2.05) is 0 Å². The number of aryl methyl sites for hydroxylation is 1. The maximum absolute atomic E-state index is 11.9. The van der Waals surface area contributed by atoms with Gasteiger partial charge in [0, 0.05) is 6.07 Å². The molecule has 3 rings (SSSR count). The topological polar surface area (TPSA) is 123 Å². The third kappa shape index (κ3) is 2.87. The van der Waals surface area contributed by atoms with Gasteiger partial charge in [0.15, 0.2) is 17.3 Å². The van der Waals surface area contributed by atoms with Crippen molar-refractivity contribution in [3.63, 3.8) is 0 Å². The maximum atomic E-state index is 11.9. The molecule has 0 aliphatic carbocycles. The highest BCUT2D eigenvalue weighted by molar-refractivity contribution is 6.03. The molecule has 0 aromatic carbocycles. The summed E-state index contributed by atoms with van der Waals surface area (Å²) in [6.07, 6.45) is 2.48. The van der Waals surface area contributed by atoms with Crippen LogP contribution >= 0.6 is 0 Å². The molecule has 0 saturated heterocycles. The third-order valence-corrected chi connectivity index (χ3v) is 2.57. The molecule has 0 spiro atoms. The zero-order valence-corrected chi connectivity index (χ0v) is 11.3. The van der Waals surface area contributed by atoms with Gasteiger partial charge >= 0.3 is 6.01 Å². The van der Waals surface area contributed by atoms with Crippen molar-refractivity contribution < 1.29 is 22.9 Å². The van der Waals surface area contributed by atoms with E-state index in [0.717, 1.165) is 6.26 Å². The van der Waals surface area contributed by atoms with Crippen LogP contribution in [-0.2, 0) is 0 Å². The van der Waals surface area contributed by atoms with Crippen molar-refractivity contribution in [3.05, 3.63) is 47.9 Å².